The van der Waals surface area contributed by atoms with E-state index in [0.717, 1.165) is 5.01 Å². The van der Waals surface area contributed by atoms with Crippen molar-refractivity contribution < 1.29 is 9.18 Å². The highest BCUT2D eigenvalue weighted by Gasteiger charge is 2.20. The molecular weight excluding hydrogens is 275 g/mol. The molecule has 0 unspecified atom stereocenters. The van der Waals surface area contributed by atoms with Gasteiger partial charge in [-0.1, -0.05) is 17.7 Å². The molecule has 0 aliphatic heterocycles. The Morgan fingerprint density at radius 2 is 2.33 bits per heavy atom. The number of carbonyl (C=O) groups is 1. The lowest BCUT2D eigenvalue weighted by molar-refractivity contribution is 0.0780. The number of carbonyl (C=O) groups excluding carboxylic acids is 1. The molecule has 0 radical (unpaired) electrons. The second kappa shape index (κ2) is 5.46. The molecule has 0 saturated carbocycles. The second-order valence-electron chi connectivity index (χ2n) is 3.68. The molecule has 94 valence electrons. The Balaban J connectivity index is 2.21. The number of nitrogens with zero attached hydrogens (tertiary/aromatic N) is 2. The summed E-state index contributed by atoms with van der Waals surface area (Å²) >= 11 is 7.29. The van der Waals surface area contributed by atoms with Gasteiger partial charge >= 0.3 is 0 Å². The highest BCUT2D eigenvalue weighted by atomic mass is 35.5. The molecule has 18 heavy (non-hydrogen) atoms. The van der Waals surface area contributed by atoms with Crippen LogP contribution in [0.4, 0.5) is 4.39 Å². The zero-order valence-electron chi connectivity index (χ0n) is 9.56. The summed E-state index contributed by atoms with van der Waals surface area (Å²) in [6.07, 6.45) is 1.66. The molecule has 0 aliphatic carbocycles. The molecule has 0 aliphatic rings. The van der Waals surface area contributed by atoms with Crippen LogP contribution in [0.1, 0.15) is 15.4 Å². The minimum atomic E-state index is -0.613. The first kappa shape index (κ1) is 13.0. The standard InChI is InChI=1S/C12H10ClFN2OS/c1-16(7-10-15-5-6-18-10)12(17)11-8(13)3-2-4-9(11)14/h2-6H,7H2,1H3. The number of thiazole rings is 1. The van der Waals surface area contributed by atoms with Crippen LogP contribution in [0.3, 0.4) is 0 Å². The molecular formula is C12H10ClFN2OS. The van der Waals surface area contributed by atoms with Crippen molar-refractivity contribution in [2.45, 2.75) is 6.54 Å². The fourth-order valence-corrected chi connectivity index (χ4v) is 2.41. The van der Waals surface area contributed by atoms with Crippen LogP contribution >= 0.6 is 22.9 Å². The molecule has 2 rings (SSSR count). The van der Waals surface area contributed by atoms with Crippen molar-refractivity contribution >= 4 is 28.8 Å². The van der Waals surface area contributed by atoms with Gasteiger partial charge in [0.15, 0.2) is 0 Å². The highest BCUT2D eigenvalue weighted by Crippen LogP contribution is 2.21. The van der Waals surface area contributed by atoms with Crippen LogP contribution in [0.25, 0.3) is 0 Å². The maximum Gasteiger partial charge on any atom is 0.258 e. The van der Waals surface area contributed by atoms with Gasteiger partial charge in [0, 0.05) is 18.6 Å². The molecule has 0 saturated heterocycles. The second-order valence-corrected chi connectivity index (χ2v) is 5.07. The third-order valence-corrected chi connectivity index (χ3v) is 3.46. The summed E-state index contributed by atoms with van der Waals surface area (Å²) in [5.74, 6) is -1.06. The van der Waals surface area contributed by atoms with E-state index in [1.807, 2.05) is 5.38 Å². The van der Waals surface area contributed by atoms with Crippen molar-refractivity contribution in [1.29, 1.82) is 0 Å². The number of benzene rings is 1. The number of halogens is 2. The number of hydrogen-bond acceptors (Lipinski definition) is 3. The monoisotopic (exact) mass is 284 g/mol. The normalized spacial score (nSPS) is 10.4. The summed E-state index contributed by atoms with van der Waals surface area (Å²) in [4.78, 5) is 17.6. The molecule has 1 aromatic heterocycles. The summed E-state index contributed by atoms with van der Waals surface area (Å²) in [5.41, 5.74) is -0.0989. The van der Waals surface area contributed by atoms with Gasteiger partial charge in [-0.15, -0.1) is 11.3 Å². The summed E-state index contributed by atoms with van der Waals surface area (Å²) in [5, 5.41) is 2.73. The molecule has 1 heterocycles. The minimum Gasteiger partial charge on any atom is -0.335 e. The van der Waals surface area contributed by atoms with Crippen LogP contribution in [0.15, 0.2) is 29.8 Å². The molecule has 1 amide bonds. The molecule has 0 bridgehead atoms. The smallest absolute Gasteiger partial charge is 0.258 e. The van der Waals surface area contributed by atoms with Crippen LogP contribution in [0.2, 0.25) is 5.02 Å². The first-order valence-corrected chi connectivity index (χ1v) is 6.43. The maximum absolute atomic E-state index is 13.6. The summed E-state index contributed by atoms with van der Waals surface area (Å²) in [6.45, 7) is 0.334. The molecule has 0 N–H and O–H groups in total. The van der Waals surface area contributed by atoms with E-state index < -0.39 is 11.7 Å². The third kappa shape index (κ3) is 2.68. The summed E-state index contributed by atoms with van der Waals surface area (Å²) in [6, 6.07) is 4.18. The Morgan fingerprint density at radius 3 is 2.94 bits per heavy atom. The Labute approximate surface area is 113 Å². The third-order valence-electron chi connectivity index (χ3n) is 2.38. The van der Waals surface area contributed by atoms with E-state index in [4.69, 9.17) is 11.6 Å². The molecule has 1 aromatic carbocycles. The Hall–Kier alpha value is -1.46. The fourth-order valence-electron chi connectivity index (χ4n) is 1.50. The van der Waals surface area contributed by atoms with Gasteiger partial charge in [-0.3, -0.25) is 4.79 Å². The van der Waals surface area contributed by atoms with Crippen molar-refractivity contribution in [1.82, 2.24) is 9.88 Å². The van der Waals surface area contributed by atoms with E-state index in [2.05, 4.69) is 4.98 Å². The van der Waals surface area contributed by atoms with Crippen LogP contribution < -0.4 is 0 Å². The van der Waals surface area contributed by atoms with E-state index in [-0.39, 0.29) is 10.6 Å². The van der Waals surface area contributed by atoms with Crippen molar-refractivity contribution in [3.05, 3.63) is 51.2 Å². The summed E-state index contributed by atoms with van der Waals surface area (Å²) < 4.78 is 13.6. The summed E-state index contributed by atoms with van der Waals surface area (Å²) in [7, 11) is 1.59. The fraction of sp³-hybridized carbons (Fsp3) is 0.167. The average molecular weight is 285 g/mol. The van der Waals surface area contributed by atoms with E-state index in [0.29, 0.717) is 6.54 Å². The molecule has 3 nitrogen and oxygen atoms in total. The molecule has 0 fully saturated rings. The predicted octanol–water partition coefficient (Wildman–Crippen LogP) is 3.21. The minimum absolute atomic E-state index is 0.0989. The van der Waals surface area contributed by atoms with Crippen LogP contribution in [-0.4, -0.2) is 22.8 Å². The number of hydrogen-bond donors (Lipinski definition) is 0. The SMILES string of the molecule is CN(Cc1nccs1)C(=O)c1c(F)cccc1Cl. The van der Waals surface area contributed by atoms with Gasteiger partial charge in [-0.2, -0.15) is 0 Å². The van der Waals surface area contributed by atoms with E-state index in [1.165, 1.54) is 34.4 Å². The molecule has 0 spiro atoms. The first-order chi connectivity index (χ1) is 8.59. The van der Waals surface area contributed by atoms with Gasteiger partial charge in [0.05, 0.1) is 17.1 Å². The topological polar surface area (TPSA) is 33.2 Å². The largest absolute Gasteiger partial charge is 0.335 e. The van der Waals surface area contributed by atoms with Crippen molar-refractivity contribution in [3.63, 3.8) is 0 Å². The molecule has 2 aromatic rings. The van der Waals surface area contributed by atoms with Gasteiger partial charge in [-0.05, 0) is 12.1 Å². The average Bonchev–Trinajstić information content (AvgIpc) is 2.81. The van der Waals surface area contributed by atoms with E-state index in [1.54, 1.807) is 13.2 Å². The maximum atomic E-state index is 13.6. The number of aromatic nitrogens is 1. The zero-order valence-corrected chi connectivity index (χ0v) is 11.1. The van der Waals surface area contributed by atoms with Gasteiger partial charge in [0.25, 0.3) is 5.91 Å². The van der Waals surface area contributed by atoms with E-state index in [9.17, 15) is 9.18 Å². The molecule has 6 heteroatoms. The van der Waals surface area contributed by atoms with Gasteiger partial charge < -0.3 is 4.90 Å². The number of amides is 1. The van der Waals surface area contributed by atoms with Crippen molar-refractivity contribution in [2.75, 3.05) is 7.05 Å². The first-order valence-electron chi connectivity index (χ1n) is 5.17. The quantitative estimate of drug-likeness (QED) is 0.867. The van der Waals surface area contributed by atoms with Crippen molar-refractivity contribution in [2.24, 2.45) is 0 Å². The molecule has 0 atom stereocenters. The lowest BCUT2D eigenvalue weighted by Crippen LogP contribution is -2.27. The van der Waals surface area contributed by atoms with Crippen molar-refractivity contribution in [3.8, 4) is 0 Å². The number of rotatable bonds is 3. The Kier molecular flexibility index (Phi) is 3.93. The Bertz CT molecular complexity index is 539. The lowest BCUT2D eigenvalue weighted by atomic mass is 10.2. The van der Waals surface area contributed by atoms with Gasteiger partial charge in [0.2, 0.25) is 0 Å². The van der Waals surface area contributed by atoms with Crippen LogP contribution in [-0.2, 0) is 6.54 Å². The van der Waals surface area contributed by atoms with Crippen LogP contribution in [0, 0.1) is 5.82 Å². The van der Waals surface area contributed by atoms with Gasteiger partial charge in [0.1, 0.15) is 10.8 Å². The van der Waals surface area contributed by atoms with Gasteiger partial charge in [-0.25, -0.2) is 9.37 Å². The Morgan fingerprint density at radius 1 is 1.56 bits per heavy atom. The highest BCUT2D eigenvalue weighted by molar-refractivity contribution is 7.09. The lowest BCUT2D eigenvalue weighted by Gasteiger charge is -2.16. The van der Waals surface area contributed by atoms with Crippen LogP contribution in [0.5, 0.6) is 0 Å². The zero-order chi connectivity index (χ0) is 13.1. The van der Waals surface area contributed by atoms with E-state index >= 15 is 0 Å². The predicted molar refractivity (Wildman–Crippen MR) is 69.3 cm³/mol.